The van der Waals surface area contributed by atoms with Gasteiger partial charge in [0.05, 0.1) is 12.2 Å². The van der Waals surface area contributed by atoms with Gasteiger partial charge in [-0.25, -0.2) is 0 Å². The molecule has 1 aromatic rings. The third-order valence-corrected chi connectivity index (χ3v) is 3.49. The summed E-state index contributed by atoms with van der Waals surface area (Å²) in [6, 6.07) is 7.26. The van der Waals surface area contributed by atoms with Crippen molar-refractivity contribution in [3.05, 3.63) is 24.3 Å². The fraction of sp³-hybridized carbons (Fsp3) is 0.333. The van der Waals surface area contributed by atoms with Gasteiger partial charge in [0.25, 0.3) is 0 Å². The zero-order valence-electron chi connectivity index (χ0n) is 10.0. The molecular formula is C12H15N3O2S. The van der Waals surface area contributed by atoms with Crippen LogP contribution in [0.2, 0.25) is 0 Å². The van der Waals surface area contributed by atoms with Crippen LogP contribution in [0.25, 0.3) is 0 Å². The van der Waals surface area contributed by atoms with Gasteiger partial charge < -0.3 is 10.6 Å². The minimum absolute atomic E-state index is 0.0800. The Morgan fingerprint density at radius 2 is 2.22 bits per heavy atom. The van der Waals surface area contributed by atoms with Crippen molar-refractivity contribution >= 4 is 29.3 Å². The minimum atomic E-state index is -0.377. The molecule has 3 N–H and O–H groups in total. The molecular weight excluding hydrogens is 250 g/mol. The third kappa shape index (κ3) is 3.02. The van der Waals surface area contributed by atoms with E-state index in [1.54, 1.807) is 11.8 Å². The molecule has 18 heavy (non-hydrogen) atoms. The molecule has 2 rings (SSSR count). The predicted molar refractivity (Wildman–Crippen MR) is 71.7 cm³/mol. The molecule has 1 aliphatic heterocycles. The topological polar surface area (TPSA) is 70.2 Å². The number of rotatable bonds is 3. The molecule has 0 radical (unpaired) electrons. The average Bonchev–Trinajstić information content (AvgIpc) is 2.40. The summed E-state index contributed by atoms with van der Waals surface area (Å²) in [7, 11) is 0. The Balaban J connectivity index is 2.00. The molecule has 1 atom stereocenters. The second kappa shape index (κ2) is 5.88. The lowest BCUT2D eigenvalue weighted by Gasteiger charge is -2.23. The number of piperazine rings is 1. The molecule has 96 valence electrons. The van der Waals surface area contributed by atoms with Gasteiger partial charge >= 0.3 is 0 Å². The number of thioether (sulfide) groups is 1. The summed E-state index contributed by atoms with van der Waals surface area (Å²) < 4.78 is 0. The molecule has 1 aromatic carbocycles. The molecule has 0 bridgehead atoms. The van der Waals surface area contributed by atoms with E-state index in [-0.39, 0.29) is 24.4 Å². The largest absolute Gasteiger partial charge is 0.353 e. The fourth-order valence-corrected chi connectivity index (χ4v) is 2.27. The van der Waals surface area contributed by atoms with Gasteiger partial charge in [0.15, 0.2) is 0 Å². The highest BCUT2D eigenvalue weighted by molar-refractivity contribution is 7.98. The van der Waals surface area contributed by atoms with Crippen LogP contribution in [-0.2, 0) is 9.59 Å². The number of anilines is 1. The van der Waals surface area contributed by atoms with Crippen molar-refractivity contribution in [3.63, 3.8) is 0 Å². The Bertz CT molecular complexity index is 454. The number of para-hydroxylation sites is 1. The maximum absolute atomic E-state index is 12.0. The molecule has 1 saturated heterocycles. The van der Waals surface area contributed by atoms with Gasteiger partial charge in [-0.2, -0.15) is 0 Å². The second-order valence-electron chi connectivity index (χ2n) is 3.93. The van der Waals surface area contributed by atoms with E-state index in [0.29, 0.717) is 6.54 Å². The number of hydrogen-bond donors (Lipinski definition) is 3. The highest BCUT2D eigenvalue weighted by atomic mass is 32.2. The van der Waals surface area contributed by atoms with E-state index in [0.717, 1.165) is 10.6 Å². The lowest BCUT2D eigenvalue weighted by Crippen LogP contribution is -2.56. The van der Waals surface area contributed by atoms with Crippen molar-refractivity contribution in [2.24, 2.45) is 0 Å². The summed E-state index contributed by atoms with van der Waals surface area (Å²) in [5.41, 5.74) is 0.800. The van der Waals surface area contributed by atoms with Crippen molar-refractivity contribution in [3.8, 4) is 0 Å². The van der Waals surface area contributed by atoms with E-state index in [1.165, 1.54) is 0 Å². The fourth-order valence-electron chi connectivity index (χ4n) is 1.72. The number of hydrogen-bond acceptors (Lipinski definition) is 4. The van der Waals surface area contributed by atoms with Crippen LogP contribution in [0, 0.1) is 0 Å². The van der Waals surface area contributed by atoms with Gasteiger partial charge in [-0.1, -0.05) is 12.1 Å². The molecule has 0 saturated carbocycles. The molecule has 1 aliphatic rings. The number of carbonyl (C=O) groups excluding carboxylic acids is 2. The summed E-state index contributed by atoms with van der Waals surface area (Å²) in [6.07, 6.45) is 1.96. The van der Waals surface area contributed by atoms with E-state index in [1.807, 2.05) is 30.5 Å². The molecule has 0 aromatic heterocycles. The molecule has 5 nitrogen and oxygen atoms in total. The first-order chi connectivity index (χ1) is 8.70. The molecule has 6 heteroatoms. The van der Waals surface area contributed by atoms with E-state index in [4.69, 9.17) is 0 Å². The van der Waals surface area contributed by atoms with Gasteiger partial charge in [-0.15, -0.1) is 11.8 Å². The molecule has 0 spiro atoms. The van der Waals surface area contributed by atoms with Crippen molar-refractivity contribution in [2.75, 3.05) is 24.7 Å². The summed E-state index contributed by atoms with van der Waals surface area (Å²) in [6.45, 7) is 0.508. The van der Waals surface area contributed by atoms with E-state index >= 15 is 0 Å². The first kappa shape index (κ1) is 12.9. The van der Waals surface area contributed by atoms with Gasteiger partial charge in [0.2, 0.25) is 11.8 Å². The van der Waals surface area contributed by atoms with Crippen molar-refractivity contribution in [2.45, 2.75) is 10.9 Å². The van der Waals surface area contributed by atoms with Crippen LogP contribution in [0.15, 0.2) is 29.2 Å². The third-order valence-electron chi connectivity index (χ3n) is 2.69. The maximum atomic E-state index is 12.0. The van der Waals surface area contributed by atoms with Gasteiger partial charge in [-0.3, -0.25) is 14.9 Å². The Morgan fingerprint density at radius 1 is 1.44 bits per heavy atom. The van der Waals surface area contributed by atoms with Crippen LogP contribution in [0.3, 0.4) is 0 Å². The summed E-state index contributed by atoms with van der Waals surface area (Å²) in [5, 5.41) is 8.43. The molecule has 1 unspecified atom stereocenters. The Hall–Kier alpha value is -1.53. The normalized spacial score (nSPS) is 19.2. The van der Waals surface area contributed by atoms with Gasteiger partial charge in [-0.05, 0) is 18.4 Å². The summed E-state index contributed by atoms with van der Waals surface area (Å²) >= 11 is 1.58. The second-order valence-corrected chi connectivity index (χ2v) is 4.78. The Labute approximate surface area is 110 Å². The quantitative estimate of drug-likeness (QED) is 0.693. The standard InChI is InChI=1S/C12H15N3O2S/c1-18-10-5-3-2-4-8(10)15-12(17)9-6-14-11(16)7-13-9/h2-5,9,13H,6-7H2,1H3,(H,14,16)(H,15,17). The van der Waals surface area contributed by atoms with Crippen molar-refractivity contribution < 1.29 is 9.59 Å². The smallest absolute Gasteiger partial charge is 0.243 e. The van der Waals surface area contributed by atoms with Crippen LogP contribution >= 0.6 is 11.8 Å². The van der Waals surface area contributed by atoms with E-state index < -0.39 is 0 Å². The summed E-state index contributed by atoms with van der Waals surface area (Å²) in [4.78, 5) is 24.0. The predicted octanol–water partition coefficient (Wildman–Crippen LogP) is 0.435. The number of benzene rings is 1. The van der Waals surface area contributed by atoms with Crippen LogP contribution in [0.1, 0.15) is 0 Å². The van der Waals surface area contributed by atoms with E-state index in [9.17, 15) is 9.59 Å². The highest BCUT2D eigenvalue weighted by Gasteiger charge is 2.23. The van der Waals surface area contributed by atoms with Crippen LogP contribution in [-0.4, -0.2) is 37.2 Å². The van der Waals surface area contributed by atoms with Crippen molar-refractivity contribution in [1.82, 2.24) is 10.6 Å². The van der Waals surface area contributed by atoms with Crippen LogP contribution in [0.4, 0.5) is 5.69 Å². The average molecular weight is 265 g/mol. The monoisotopic (exact) mass is 265 g/mol. The van der Waals surface area contributed by atoms with E-state index in [2.05, 4.69) is 16.0 Å². The summed E-state index contributed by atoms with van der Waals surface area (Å²) in [5.74, 6) is -0.208. The zero-order valence-corrected chi connectivity index (χ0v) is 10.8. The number of nitrogens with one attached hydrogen (secondary N) is 3. The SMILES string of the molecule is CSc1ccccc1NC(=O)C1CNC(=O)CN1. The van der Waals surface area contributed by atoms with Gasteiger partial charge in [0, 0.05) is 11.4 Å². The Morgan fingerprint density at radius 3 is 2.89 bits per heavy atom. The number of carbonyl (C=O) groups is 2. The first-order valence-electron chi connectivity index (χ1n) is 5.64. The van der Waals surface area contributed by atoms with Gasteiger partial charge in [0.1, 0.15) is 6.04 Å². The van der Waals surface area contributed by atoms with Crippen LogP contribution in [0.5, 0.6) is 0 Å². The lowest BCUT2D eigenvalue weighted by molar-refractivity contribution is -0.124. The zero-order chi connectivity index (χ0) is 13.0. The molecule has 0 aliphatic carbocycles. The molecule has 1 fully saturated rings. The first-order valence-corrected chi connectivity index (χ1v) is 6.87. The van der Waals surface area contributed by atoms with Crippen molar-refractivity contribution in [1.29, 1.82) is 0 Å². The molecule has 2 amide bonds. The molecule has 1 heterocycles. The maximum Gasteiger partial charge on any atom is 0.243 e. The van der Waals surface area contributed by atoms with Crippen LogP contribution < -0.4 is 16.0 Å². The Kier molecular flexibility index (Phi) is 4.22. The minimum Gasteiger partial charge on any atom is -0.353 e. The lowest BCUT2D eigenvalue weighted by atomic mass is 10.2. The highest BCUT2D eigenvalue weighted by Crippen LogP contribution is 2.24. The number of amides is 2.